The van der Waals surface area contributed by atoms with Gasteiger partial charge in [-0.25, -0.2) is 4.99 Å². The normalized spacial score (nSPS) is 23.6. The summed E-state index contributed by atoms with van der Waals surface area (Å²) in [7, 11) is 0. The second-order valence-corrected chi connectivity index (χ2v) is 8.26. The van der Waals surface area contributed by atoms with Crippen molar-refractivity contribution in [3.63, 3.8) is 0 Å². The molecule has 1 aromatic heterocycles. The van der Waals surface area contributed by atoms with Crippen LogP contribution in [-0.4, -0.2) is 64.0 Å². The number of allylic oxidation sites excluding steroid dienone is 1. The standard InChI is InChI=1S/C10H15N5.C9H16O2.C3H9NOS/c1-2-3-4-8(7-11)10(12)14-9-5-6-13-15-9;10-8-2-5-9(6-3-8)4-1-7-11-9;1-6-4-2-3-5/h3-7H,2,11H2,1H3,(H3,12,13,14,15);8,10H,1-7H2;4-5H,2-3H2,1H3/b4-3-,8-7-;;. The van der Waals surface area contributed by atoms with Gasteiger partial charge in [-0.15, -0.1) is 0 Å². The Labute approximate surface area is 195 Å². The summed E-state index contributed by atoms with van der Waals surface area (Å²) in [6.45, 7) is 3.88. The van der Waals surface area contributed by atoms with Crippen molar-refractivity contribution in [3.05, 3.63) is 36.2 Å². The molecule has 1 saturated carbocycles. The zero-order valence-corrected chi connectivity index (χ0v) is 20.1. The predicted octanol–water partition coefficient (Wildman–Crippen LogP) is 2.52. The van der Waals surface area contributed by atoms with Crippen LogP contribution in [0.4, 0.5) is 5.82 Å². The first-order valence-electron chi connectivity index (χ1n) is 11.1. The average Bonchev–Trinajstić information content (AvgIpc) is 3.48. The molecule has 2 heterocycles. The molecule has 2 aliphatic rings. The number of H-pyrrole nitrogens is 1. The van der Waals surface area contributed by atoms with E-state index >= 15 is 0 Å². The van der Waals surface area contributed by atoms with Crippen molar-refractivity contribution in [2.24, 2.45) is 16.5 Å². The van der Waals surface area contributed by atoms with Gasteiger partial charge in [0, 0.05) is 31.0 Å². The van der Waals surface area contributed by atoms with Gasteiger partial charge in [-0.05, 0) is 51.2 Å². The quantitative estimate of drug-likeness (QED) is 0.117. The summed E-state index contributed by atoms with van der Waals surface area (Å²) in [5.41, 5.74) is 12.1. The second kappa shape index (κ2) is 16.7. The highest BCUT2D eigenvalue weighted by Crippen LogP contribution is 2.39. The molecule has 2 fully saturated rings. The third-order valence-corrected chi connectivity index (χ3v) is 5.64. The van der Waals surface area contributed by atoms with Crippen molar-refractivity contribution in [1.29, 1.82) is 0 Å². The number of amidine groups is 1. The first-order chi connectivity index (χ1) is 15.5. The molecule has 10 heteroatoms. The summed E-state index contributed by atoms with van der Waals surface area (Å²) in [4.78, 5) is 4.12. The van der Waals surface area contributed by atoms with Crippen LogP contribution in [0.5, 0.6) is 0 Å². The van der Waals surface area contributed by atoms with Crippen molar-refractivity contribution < 1.29 is 14.9 Å². The van der Waals surface area contributed by atoms with Crippen molar-refractivity contribution in [2.45, 2.75) is 63.6 Å². The molecule has 0 bridgehead atoms. The van der Waals surface area contributed by atoms with Crippen LogP contribution in [0.1, 0.15) is 51.9 Å². The molecule has 0 unspecified atom stereocenters. The molecule has 1 spiro atoms. The van der Waals surface area contributed by atoms with Gasteiger partial charge in [0.2, 0.25) is 0 Å². The van der Waals surface area contributed by atoms with E-state index in [0.29, 0.717) is 23.8 Å². The molecule has 0 amide bonds. The van der Waals surface area contributed by atoms with Gasteiger partial charge in [0.05, 0.1) is 24.5 Å². The molecule has 1 aliphatic heterocycles. The van der Waals surface area contributed by atoms with Crippen molar-refractivity contribution in [2.75, 3.05) is 26.0 Å². The lowest BCUT2D eigenvalue weighted by atomic mass is 9.81. The summed E-state index contributed by atoms with van der Waals surface area (Å²) in [5, 5.41) is 23.9. The van der Waals surface area contributed by atoms with Crippen LogP contribution < -0.4 is 16.2 Å². The molecule has 182 valence electrons. The Bertz CT molecular complexity index is 674. The molecule has 9 nitrogen and oxygen atoms in total. The van der Waals surface area contributed by atoms with Crippen LogP contribution >= 0.6 is 11.9 Å². The number of aromatic amines is 1. The molecule has 3 rings (SSSR count). The number of nitrogens with zero attached hydrogens (tertiary/aromatic N) is 2. The highest BCUT2D eigenvalue weighted by atomic mass is 32.2. The number of ether oxygens (including phenoxy) is 1. The van der Waals surface area contributed by atoms with E-state index < -0.39 is 0 Å². The Morgan fingerprint density at radius 3 is 2.66 bits per heavy atom. The number of aliphatic hydroxyl groups excluding tert-OH is 2. The van der Waals surface area contributed by atoms with Gasteiger partial charge < -0.3 is 26.4 Å². The Morgan fingerprint density at radius 2 is 2.19 bits per heavy atom. The maximum atomic E-state index is 9.30. The molecular weight excluding hydrogens is 428 g/mol. The van der Waals surface area contributed by atoms with Crippen molar-refractivity contribution in [3.8, 4) is 0 Å². The summed E-state index contributed by atoms with van der Waals surface area (Å²) in [6.07, 6.45) is 16.1. The fraction of sp³-hybridized carbons (Fsp3) is 0.636. The third-order valence-electron chi connectivity index (χ3n) is 5.14. The van der Waals surface area contributed by atoms with E-state index in [9.17, 15) is 5.11 Å². The van der Waals surface area contributed by atoms with Crippen LogP contribution in [-0.2, 0) is 4.74 Å². The zero-order valence-electron chi connectivity index (χ0n) is 19.3. The zero-order chi connectivity index (χ0) is 23.7. The lowest BCUT2D eigenvalue weighted by Crippen LogP contribution is -2.34. The van der Waals surface area contributed by atoms with Gasteiger partial charge in [0.1, 0.15) is 11.7 Å². The SMILES string of the molecule is CC\C=C/C(=C/N)C(/N)=N/c1ccn[nH]1.CSNCCO.OC1CCC2(CCCO2)CC1. The van der Waals surface area contributed by atoms with Crippen LogP contribution in [0.15, 0.2) is 41.2 Å². The first-order valence-corrected chi connectivity index (χ1v) is 12.3. The van der Waals surface area contributed by atoms with Gasteiger partial charge in [0.25, 0.3) is 0 Å². The first kappa shape index (κ1) is 28.2. The Hall–Kier alpha value is -1.85. The van der Waals surface area contributed by atoms with E-state index in [1.165, 1.54) is 31.0 Å². The second-order valence-electron chi connectivity index (χ2n) is 7.56. The number of hydrogen-bond donors (Lipinski definition) is 6. The minimum absolute atomic E-state index is 0.0511. The molecule has 1 saturated heterocycles. The number of aliphatic hydroxyl groups is 2. The topological polar surface area (TPSA) is 155 Å². The Balaban J connectivity index is 0.000000263. The largest absolute Gasteiger partial charge is 0.404 e. The molecular formula is C22H40N6O3S. The lowest BCUT2D eigenvalue weighted by molar-refractivity contribution is -0.0508. The van der Waals surface area contributed by atoms with E-state index in [4.69, 9.17) is 21.3 Å². The summed E-state index contributed by atoms with van der Waals surface area (Å²) >= 11 is 1.52. The molecule has 32 heavy (non-hydrogen) atoms. The summed E-state index contributed by atoms with van der Waals surface area (Å²) in [5.74, 6) is 0.975. The smallest absolute Gasteiger partial charge is 0.150 e. The van der Waals surface area contributed by atoms with Crippen LogP contribution in [0.3, 0.4) is 0 Å². The fourth-order valence-corrected chi connectivity index (χ4v) is 3.70. The minimum atomic E-state index is -0.0511. The minimum Gasteiger partial charge on any atom is -0.404 e. The van der Waals surface area contributed by atoms with Gasteiger partial charge in [-0.2, -0.15) is 5.10 Å². The van der Waals surface area contributed by atoms with E-state index in [-0.39, 0.29) is 18.3 Å². The maximum Gasteiger partial charge on any atom is 0.150 e. The summed E-state index contributed by atoms with van der Waals surface area (Å²) < 4.78 is 8.58. The number of hydrogen-bond acceptors (Lipinski definition) is 8. The lowest BCUT2D eigenvalue weighted by Gasteiger charge is -2.34. The highest BCUT2D eigenvalue weighted by Gasteiger charge is 2.38. The van der Waals surface area contributed by atoms with Crippen molar-refractivity contribution in [1.82, 2.24) is 14.9 Å². The molecule has 0 aromatic carbocycles. The highest BCUT2D eigenvalue weighted by molar-refractivity contribution is 7.96. The molecule has 0 atom stereocenters. The van der Waals surface area contributed by atoms with Crippen LogP contribution in [0.25, 0.3) is 0 Å². The van der Waals surface area contributed by atoms with E-state index in [0.717, 1.165) is 38.7 Å². The van der Waals surface area contributed by atoms with Gasteiger partial charge in [-0.3, -0.25) is 9.82 Å². The Kier molecular flexibility index (Phi) is 14.7. The maximum absolute atomic E-state index is 9.30. The van der Waals surface area contributed by atoms with E-state index in [1.54, 1.807) is 12.3 Å². The van der Waals surface area contributed by atoms with Gasteiger partial charge >= 0.3 is 0 Å². The Morgan fingerprint density at radius 1 is 1.44 bits per heavy atom. The third kappa shape index (κ3) is 11.1. The predicted molar refractivity (Wildman–Crippen MR) is 133 cm³/mol. The molecule has 1 aromatic rings. The number of aromatic nitrogens is 2. The monoisotopic (exact) mass is 468 g/mol. The molecule has 0 radical (unpaired) electrons. The number of rotatable bonds is 7. The average molecular weight is 469 g/mol. The van der Waals surface area contributed by atoms with Gasteiger partial charge in [0.15, 0.2) is 0 Å². The fourth-order valence-electron chi connectivity index (χ4n) is 3.40. The van der Waals surface area contributed by atoms with Crippen molar-refractivity contribution >= 4 is 23.6 Å². The van der Waals surface area contributed by atoms with E-state index in [1.807, 2.05) is 25.3 Å². The number of nitrogens with two attached hydrogens (primary N) is 2. The van der Waals surface area contributed by atoms with Gasteiger partial charge in [-0.1, -0.05) is 31.0 Å². The van der Waals surface area contributed by atoms with E-state index in [2.05, 4.69) is 19.9 Å². The molecule has 8 N–H and O–H groups in total. The molecule has 1 aliphatic carbocycles. The van der Waals surface area contributed by atoms with Crippen LogP contribution in [0.2, 0.25) is 0 Å². The van der Waals surface area contributed by atoms with Crippen LogP contribution in [0, 0.1) is 0 Å². The number of nitrogens with one attached hydrogen (secondary N) is 2. The number of aliphatic imine (C=N–C) groups is 1. The summed E-state index contributed by atoms with van der Waals surface area (Å²) in [6, 6.07) is 1.73.